The van der Waals surface area contributed by atoms with Crippen LogP contribution >= 0.6 is 0 Å². The second-order valence-corrected chi connectivity index (χ2v) is 4.41. The van der Waals surface area contributed by atoms with Gasteiger partial charge >= 0.3 is 0 Å². The number of nitrogen functional groups attached to an aromatic ring is 1. The van der Waals surface area contributed by atoms with E-state index in [1.54, 1.807) is 6.07 Å². The van der Waals surface area contributed by atoms with Crippen LogP contribution < -0.4 is 5.73 Å². The predicted molar refractivity (Wildman–Crippen MR) is 62.5 cm³/mol. The number of hydrogen-bond acceptors (Lipinski definition) is 2. The van der Waals surface area contributed by atoms with Crippen molar-refractivity contribution in [2.24, 2.45) is 0 Å². The molecule has 0 aromatic heterocycles. The number of benzene rings is 1. The number of hydrogen-bond donors (Lipinski definition) is 1. The Hall–Kier alpha value is -1.09. The third kappa shape index (κ3) is 2.95. The Morgan fingerprint density at radius 2 is 2.00 bits per heavy atom. The van der Waals surface area contributed by atoms with E-state index in [4.69, 9.17) is 10.5 Å². The molecule has 3 heteroatoms. The Kier molecular flexibility index (Phi) is 3.78. The quantitative estimate of drug-likeness (QED) is 0.798. The Labute approximate surface area is 95.6 Å². The van der Waals surface area contributed by atoms with Gasteiger partial charge in [-0.1, -0.05) is 25.3 Å². The number of ether oxygens (including phenoxy) is 1. The molecule has 1 aliphatic rings. The van der Waals surface area contributed by atoms with Crippen LogP contribution in [0.1, 0.15) is 37.7 Å². The minimum absolute atomic E-state index is 0.293. The van der Waals surface area contributed by atoms with Crippen molar-refractivity contribution in [3.63, 3.8) is 0 Å². The van der Waals surface area contributed by atoms with Crippen LogP contribution in [0.5, 0.6) is 0 Å². The van der Waals surface area contributed by atoms with Crippen molar-refractivity contribution in [1.29, 1.82) is 0 Å². The van der Waals surface area contributed by atoms with Gasteiger partial charge in [0, 0.05) is 11.3 Å². The number of nitrogens with two attached hydrogens (primary N) is 1. The van der Waals surface area contributed by atoms with Gasteiger partial charge in [0.15, 0.2) is 0 Å². The summed E-state index contributed by atoms with van der Waals surface area (Å²) in [5.74, 6) is -0.293. The Morgan fingerprint density at radius 1 is 1.25 bits per heavy atom. The lowest BCUT2D eigenvalue weighted by atomic mass is 9.98. The van der Waals surface area contributed by atoms with Gasteiger partial charge in [0.2, 0.25) is 0 Å². The molecule has 0 saturated heterocycles. The Balaban J connectivity index is 1.88. The monoisotopic (exact) mass is 223 g/mol. The molecule has 16 heavy (non-hydrogen) atoms. The van der Waals surface area contributed by atoms with Crippen molar-refractivity contribution in [2.75, 3.05) is 5.73 Å². The summed E-state index contributed by atoms with van der Waals surface area (Å²) < 4.78 is 18.6. The molecule has 88 valence electrons. The van der Waals surface area contributed by atoms with Gasteiger partial charge < -0.3 is 10.5 Å². The molecule has 1 fully saturated rings. The molecule has 2 rings (SSSR count). The molecular weight excluding hydrogens is 205 g/mol. The molecule has 0 spiro atoms. The van der Waals surface area contributed by atoms with E-state index in [1.807, 2.05) is 0 Å². The van der Waals surface area contributed by atoms with Crippen LogP contribution in [0, 0.1) is 5.82 Å². The van der Waals surface area contributed by atoms with Crippen LogP contribution in [0.4, 0.5) is 10.1 Å². The van der Waals surface area contributed by atoms with E-state index in [2.05, 4.69) is 0 Å². The lowest BCUT2D eigenvalue weighted by molar-refractivity contribution is 0.0171. The van der Waals surface area contributed by atoms with Gasteiger partial charge in [-0.25, -0.2) is 4.39 Å². The van der Waals surface area contributed by atoms with Crippen LogP contribution in [-0.2, 0) is 11.3 Å². The van der Waals surface area contributed by atoms with Gasteiger partial charge in [0.1, 0.15) is 5.82 Å². The maximum atomic E-state index is 12.8. The zero-order chi connectivity index (χ0) is 11.4. The first-order valence-corrected chi connectivity index (χ1v) is 5.91. The van der Waals surface area contributed by atoms with E-state index in [-0.39, 0.29) is 5.82 Å². The second-order valence-electron chi connectivity index (χ2n) is 4.41. The first kappa shape index (κ1) is 11.4. The van der Waals surface area contributed by atoms with Crippen LogP contribution in [0.25, 0.3) is 0 Å². The predicted octanol–water partition coefficient (Wildman–Crippen LogP) is 3.26. The molecule has 1 aliphatic carbocycles. The zero-order valence-electron chi connectivity index (χ0n) is 9.42. The molecule has 1 aromatic carbocycles. The minimum atomic E-state index is -0.293. The van der Waals surface area contributed by atoms with E-state index in [1.165, 1.54) is 31.4 Å². The van der Waals surface area contributed by atoms with Crippen molar-refractivity contribution in [2.45, 2.75) is 44.8 Å². The average molecular weight is 223 g/mol. The Bertz CT molecular complexity index is 348. The lowest BCUT2D eigenvalue weighted by Gasteiger charge is -2.22. The smallest absolute Gasteiger partial charge is 0.125 e. The highest BCUT2D eigenvalue weighted by Crippen LogP contribution is 2.22. The minimum Gasteiger partial charge on any atom is -0.398 e. The van der Waals surface area contributed by atoms with E-state index in [0.29, 0.717) is 18.4 Å². The first-order valence-electron chi connectivity index (χ1n) is 5.91. The summed E-state index contributed by atoms with van der Waals surface area (Å²) in [6, 6.07) is 4.48. The number of halogens is 1. The van der Waals surface area contributed by atoms with E-state index >= 15 is 0 Å². The highest BCUT2D eigenvalue weighted by molar-refractivity contribution is 5.46. The average Bonchev–Trinajstić information content (AvgIpc) is 2.29. The van der Waals surface area contributed by atoms with Crippen LogP contribution in [-0.4, -0.2) is 6.10 Å². The van der Waals surface area contributed by atoms with Crippen LogP contribution in [0.2, 0.25) is 0 Å². The van der Waals surface area contributed by atoms with Crippen molar-refractivity contribution in [1.82, 2.24) is 0 Å². The summed E-state index contributed by atoms with van der Waals surface area (Å²) in [4.78, 5) is 0. The number of anilines is 1. The van der Waals surface area contributed by atoms with Gasteiger partial charge in [0.25, 0.3) is 0 Å². The topological polar surface area (TPSA) is 35.2 Å². The largest absolute Gasteiger partial charge is 0.398 e. The molecule has 1 aromatic rings. The fourth-order valence-electron chi connectivity index (χ4n) is 2.14. The second kappa shape index (κ2) is 5.30. The van der Waals surface area contributed by atoms with Crippen LogP contribution in [0.15, 0.2) is 18.2 Å². The van der Waals surface area contributed by atoms with E-state index < -0.39 is 0 Å². The number of rotatable bonds is 3. The molecule has 0 radical (unpaired) electrons. The summed E-state index contributed by atoms with van der Waals surface area (Å²) in [5.41, 5.74) is 7.08. The SMILES string of the molecule is Nc1cc(F)ccc1COC1CCCCC1. The molecule has 0 heterocycles. The van der Waals surface area contributed by atoms with Gasteiger partial charge in [-0.3, -0.25) is 0 Å². The maximum Gasteiger partial charge on any atom is 0.125 e. The lowest BCUT2D eigenvalue weighted by Crippen LogP contribution is -2.16. The van der Waals surface area contributed by atoms with Gasteiger partial charge in [-0.05, 0) is 25.0 Å². The van der Waals surface area contributed by atoms with Crippen molar-refractivity contribution in [3.05, 3.63) is 29.6 Å². The third-order valence-electron chi connectivity index (χ3n) is 3.13. The van der Waals surface area contributed by atoms with E-state index in [9.17, 15) is 4.39 Å². The molecule has 0 unspecified atom stereocenters. The van der Waals surface area contributed by atoms with Gasteiger partial charge in [-0.15, -0.1) is 0 Å². The first-order chi connectivity index (χ1) is 7.75. The fourth-order valence-corrected chi connectivity index (χ4v) is 2.14. The molecule has 0 amide bonds. The summed E-state index contributed by atoms with van der Waals surface area (Å²) >= 11 is 0. The molecular formula is C13H18FNO. The highest BCUT2D eigenvalue weighted by atomic mass is 19.1. The molecule has 2 N–H and O–H groups in total. The summed E-state index contributed by atoms with van der Waals surface area (Å²) in [6.07, 6.45) is 6.46. The normalized spacial score (nSPS) is 17.6. The third-order valence-corrected chi connectivity index (χ3v) is 3.13. The molecule has 0 atom stereocenters. The van der Waals surface area contributed by atoms with Gasteiger partial charge in [-0.2, -0.15) is 0 Å². The van der Waals surface area contributed by atoms with Crippen molar-refractivity contribution in [3.8, 4) is 0 Å². The van der Waals surface area contributed by atoms with Gasteiger partial charge in [0.05, 0.1) is 12.7 Å². The zero-order valence-corrected chi connectivity index (χ0v) is 9.42. The van der Waals surface area contributed by atoms with E-state index in [0.717, 1.165) is 18.4 Å². The standard InChI is InChI=1S/C13H18FNO/c14-11-7-6-10(13(15)8-11)9-16-12-4-2-1-3-5-12/h6-8,12H,1-5,9,15H2. The highest BCUT2D eigenvalue weighted by Gasteiger charge is 2.14. The molecule has 0 aliphatic heterocycles. The molecule has 1 saturated carbocycles. The summed E-state index contributed by atoms with van der Waals surface area (Å²) in [7, 11) is 0. The van der Waals surface area contributed by atoms with Crippen molar-refractivity contribution < 1.29 is 9.13 Å². The van der Waals surface area contributed by atoms with Crippen molar-refractivity contribution >= 4 is 5.69 Å². The summed E-state index contributed by atoms with van der Waals surface area (Å²) in [5, 5.41) is 0. The molecule has 0 bridgehead atoms. The maximum absolute atomic E-state index is 12.8. The Morgan fingerprint density at radius 3 is 2.69 bits per heavy atom. The fraction of sp³-hybridized carbons (Fsp3) is 0.538. The van der Waals surface area contributed by atoms with Crippen LogP contribution in [0.3, 0.4) is 0 Å². The summed E-state index contributed by atoms with van der Waals surface area (Å²) in [6.45, 7) is 0.497. The molecule has 2 nitrogen and oxygen atoms in total.